The van der Waals surface area contributed by atoms with E-state index in [-0.39, 0.29) is 47.0 Å². The van der Waals surface area contributed by atoms with Crippen LogP contribution in [0, 0.1) is 35.5 Å². The van der Waals surface area contributed by atoms with Gasteiger partial charge < -0.3 is 9.15 Å². The summed E-state index contributed by atoms with van der Waals surface area (Å²) in [5.74, 6) is 0.0117. The minimum Gasteiger partial charge on any atom is -0.457 e. The van der Waals surface area contributed by atoms with Crippen molar-refractivity contribution in [2.24, 2.45) is 35.5 Å². The minimum atomic E-state index is -0.669. The monoisotopic (exact) mass is 375 g/mol. The number of rotatable bonds is 3. The molecule has 0 unspecified atom stereocenters. The second kappa shape index (κ2) is 5.44. The third-order valence-electron chi connectivity index (χ3n) is 6.69. The lowest BCUT2D eigenvalue weighted by Crippen LogP contribution is -2.40. The van der Waals surface area contributed by atoms with Crippen LogP contribution in [0.2, 0.25) is 0 Å². The van der Waals surface area contributed by atoms with Crippen molar-refractivity contribution in [2.75, 3.05) is 4.90 Å². The lowest BCUT2D eigenvalue weighted by atomic mass is 9.63. The highest BCUT2D eigenvalue weighted by molar-refractivity contribution is 6.23. The molecule has 1 aromatic heterocycles. The zero-order valence-corrected chi connectivity index (χ0v) is 14.9. The molecule has 2 aromatic rings. The molecular weight excluding hydrogens is 358 g/mol. The molecule has 1 aromatic carbocycles. The van der Waals surface area contributed by atoms with Crippen molar-refractivity contribution in [1.29, 1.82) is 0 Å². The molecule has 0 N–H and O–H groups in total. The van der Waals surface area contributed by atoms with Gasteiger partial charge in [-0.1, -0.05) is 24.3 Å². The van der Waals surface area contributed by atoms with E-state index in [9.17, 15) is 14.4 Å². The number of para-hydroxylation sites is 2. The molecule has 28 heavy (non-hydrogen) atoms. The predicted molar refractivity (Wildman–Crippen MR) is 97.3 cm³/mol. The van der Waals surface area contributed by atoms with E-state index in [1.165, 1.54) is 17.2 Å². The SMILES string of the molecule is O=C(Oc1ccccc1N1C(=O)[C@@H]2[C@H]3C=C[C@H]([C@H]4C[C@H]34)[C@@H]2C1=O)c1ccco1. The van der Waals surface area contributed by atoms with Crippen LogP contribution in [0.1, 0.15) is 17.0 Å². The van der Waals surface area contributed by atoms with Crippen LogP contribution in [0.4, 0.5) is 5.69 Å². The van der Waals surface area contributed by atoms with E-state index in [1.54, 1.807) is 30.3 Å². The van der Waals surface area contributed by atoms with Crippen molar-refractivity contribution >= 4 is 23.5 Å². The molecule has 2 bridgehead atoms. The third kappa shape index (κ3) is 2.00. The first-order valence-electron chi connectivity index (χ1n) is 9.56. The highest BCUT2D eigenvalue weighted by Crippen LogP contribution is 2.65. The van der Waals surface area contributed by atoms with Gasteiger partial charge in [0.25, 0.3) is 0 Å². The number of nitrogens with zero attached hydrogens (tertiary/aromatic N) is 1. The summed E-state index contributed by atoms with van der Waals surface area (Å²) in [6.45, 7) is 0. The third-order valence-corrected chi connectivity index (χ3v) is 6.69. The summed E-state index contributed by atoms with van der Waals surface area (Å²) in [6, 6.07) is 9.76. The summed E-state index contributed by atoms with van der Waals surface area (Å²) < 4.78 is 10.5. The largest absolute Gasteiger partial charge is 0.457 e. The average molecular weight is 375 g/mol. The van der Waals surface area contributed by atoms with E-state index < -0.39 is 5.97 Å². The van der Waals surface area contributed by atoms with Crippen LogP contribution < -0.4 is 9.64 Å². The van der Waals surface area contributed by atoms with Crippen LogP contribution in [0.25, 0.3) is 0 Å². The first kappa shape index (κ1) is 15.9. The molecule has 2 heterocycles. The zero-order chi connectivity index (χ0) is 19.0. The van der Waals surface area contributed by atoms with E-state index in [4.69, 9.17) is 9.15 Å². The van der Waals surface area contributed by atoms with Gasteiger partial charge in [-0.15, -0.1) is 0 Å². The van der Waals surface area contributed by atoms with Gasteiger partial charge in [0, 0.05) is 0 Å². The van der Waals surface area contributed by atoms with E-state index in [0.717, 1.165) is 6.42 Å². The fourth-order valence-corrected chi connectivity index (χ4v) is 5.47. The van der Waals surface area contributed by atoms with Gasteiger partial charge in [0.1, 0.15) is 0 Å². The molecule has 3 fully saturated rings. The summed E-state index contributed by atoms with van der Waals surface area (Å²) >= 11 is 0. The zero-order valence-electron chi connectivity index (χ0n) is 14.9. The molecule has 4 aliphatic carbocycles. The Morgan fingerprint density at radius 3 is 2.29 bits per heavy atom. The number of carbonyl (C=O) groups is 3. The Balaban J connectivity index is 1.36. The number of amides is 2. The highest BCUT2D eigenvalue weighted by Gasteiger charge is 2.67. The number of imide groups is 1. The van der Waals surface area contributed by atoms with Gasteiger partial charge in [-0.05, 0) is 54.4 Å². The lowest BCUT2D eigenvalue weighted by molar-refractivity contribution is -0.124. The molecule has 6 heteroatoms. The molecular formula is C22H17NO5. The Hall–Kier alpha value is -3.15. The second-order valence-electron chi connectivity index (χ2n) is 8.00. The quantitative estimate of drug-likeness (QED) is 0.357. The number of anilines is 1. The number of ether oxygens (including phenoxy) is 1. The molecule has 7 rings (SSSR count). The molecule has 6 nitrogen and oxygen atoms in total. The number of allylic oxidation sites excluding steroid dienone is 2. The molecule has 140 valence electrons. The average Bonchev–Trinajstić information content (AvgIpc) is 3.27. The molecule has 0 radical (unpaired) electrons. The number of furan rings is 1. The van der Waals surface area contributed by atoms with Crippen molar-refractivity contribution in [3.05, 3.63) is 60.6 Å². The summed E-state index contributed by atoms with van der Waals surface area (Å²) in [5, 5.41) is 0. The summed E-state index contributed by atoms with van der Waals surface area (Å²) in [5.41, 5.74) is 0.319. The molecule has 1 aliphatic heterocycles. The van der Waals surface area contributed by atoms with Gasteiger partial charge in [0.05, 0.1) is 23.8 Å². The topological polar surface area (TPSA) is 76.8 Å². The van der Waals surface area contributed by atoms with Crippen molar-refractivity contribution < 1.29 is 23.5 Å². The first-order chi connectivity index (χ1) is 13.6. The van der Waals surface area contributed by atoms with E-state index in [0.29, 0.717) is 17.5 Å². The summed E-state index contributed by atoms with van der Waals surface area (Å²) in [7, 11) is 0. The van der Waals surface area contributed by atoms with Gasteiger partial charge >= 0.3 is 5.97 Å². The highest BCUT2D eigenvalue weighted by atomic mass is 16.5. The van der Waals surface area contributed by atoms with Gasteiger partial charge in [0.15, 0.2) is 5.75 Å². The first-order valence-corrected chi connectivity index (χ1v) is 9.56. The predicted octanol–water partition coefficient (Wildman–Crippen LogP) is 3.06. The van der Waals surface area contributed by atoms with Gasteiger partial charge in [-0.2, -0.15) is 0 Å². The van der Waals surface area contributed by atoms with Gasteiger partial charge in [0.2, 0.25) is 17.6 Å². The molecule has 0 spiro atoms. The molecule has 2 saturated carbocycles. The molecule has 6 atom stereocenters. The maximum absolute atomic E-state index is 13.3. The van der Waals surface area contributed by atoms with E-state index in [2.05, 4.69) is 12.2 Å². The van der Waals surface area contributed by atoms with Crippen molar-refractivity contribution in [2.45, 2.75) is 6.42 Å². The van der Waals surface area contributed by atoms with Gasteiger partial charge in [-0.25, -0.2) is 9.69 Å². The maximum atomic E-state index is 13.3. The number of hydrogen-bond acceptors (Lipinski definition) is 5. The Labute approximate surface area is 160 Å². The molecule has 5 aliphatic rings. The molecule has 1 saturated heterocycles. The lowest BCUT2D eigenvalue weighted by Gasteiger charge is -2.37. The van der Waals surface area contributed by atoms with Crippen LogP contribution >= 0.6 is 0 Å². The standard InChI is InChI=1S/C22H17NO5/c24-20-18-11-7-8-12(14-10-13(11)14)19(18)21(25)23(20)15-4-1-2-5-16(15)28-22(26)17-6-3-9-27-17/h1-9,11-14,18-19H,10H2/t11-,12+,13-,14-,18+,19-/m1/s1. The van der Waals surface area contributed by atoms with Crippen LogP contribution in [-0.4, -0.2) is 17.8 Å². The summed E-state index contributed by atoms with van der Waals surface area (Å²) in [6.07, 6.45) is 6.77. The van der Waals surface area contributed by atoms with Crippen LogP contribution in [0.15, 0.2) is 59.2 Å². The second-order valence-corrected chi connectivity index (χ2v) is 8.00. The fourth-order valence-electron chi connectivity index (χ4n) is 5.47. The summed E-state index contributed by atoms with van der Waals surface area (Å²) in [4.78, 5) is 40.1. The maximum Gasteiger partial charge on any atom is 0.379 e. The minimum absolute atomic E-state index is 0.0601. The Kier molecular flexibility index (Phi) is 3.08. The van der Waals surface area contributed by atoms with E-state index >= 15 is 0 Å². The molecule has 2 amide bonds. The van der Waals surface area contributed by atoms with Gasteiger partial charge in [-0.3, -0.25) is 9.59 Å². The Morgan fingerprint density at radius 2 is 1.64 bits per heavy atom. The van der Waals surface area contributed by atoms with Crippen LogP contribution in [0.3, 0.4) is 0 Å². The number of hydrogen-bond donors (Lipinski definition) is 0. The smallest absolute Gasteiger partial charge is 0.379 e. The number of carbonyl (C=O) groups excluding carboxylic acids is 3. The van der Waals surface area contributed by atoms with Crippen molar-refractivity contribution in [3.8, 4) is 5.75 Å². The fraction of sp³-hybridized carbons (Fsp3) is 0.318. The van der Waals surface area contributed by atoms with Crippen molar-refractivity contribution in [1.82, 2.24) is 0 Å². The van der Waals surface area contributed by atoms with Crippen LogP contribution in [-0.2, 0) is 9.59 Å². The number of benzene rings is 1. The normalized spacial score (nSPS) is 34.4. The van der Waals surface area contributed by atoms with E-state index in [1.807, 2.05) is 0 Å². The Morgan fingerprint density at radius 1 is 0.964 bits per heavy atom. The number of esters is 1. The van der Waals surface area contributed by atoms with Crippen LogP contribution in [0.5, 0.6) is 5.75 Å². The van der Waals surface area contributed by atoms with Crippen molar-refractivity contribution in [3.63, 3.8) is 0 Å². The Bertz CT molecular complexity index is 1000.